The monoisotopic (exact) mass is 271 g/mol. The minimum absolute atomic E-state index is 0.0937. The molecular weight excluding hydrogens is 258 g/mol. The van der Waals surface area contributed by atoms with Crippen LogP contribution >= 0.6 is 11.6 Å². The molecule has 3 rings (SSSR count). The van der Waals surface area contributed by atoms with E-state index >= 15 is 0 Å². The van der Waals surface area contributed by atoms with Crippen molar-refractivity contribution in [3.63, 3.8) is 0 Å². The van der Waals surface area contributed by atoms with Gasteiger partial charge in [-0.15, -0.1) is 0 Å². The van der Waals surface area contributed by atoms with Crippen LogP contribution in [0.2, 0.25) is 5.02 Å². The molecule has 2 aromatic rings. The SMILES string of the molecule is O=C1NCC(c2cccc(Cl)c2)C1c1ccccc1. The van der Waals surface area contributed by atoms with Gasteiger partial charge in [0.1, 0.15) is 0 Å². The molecule has 0 saturated carbocycles. The maximum Gasteiger partial charge on any atom is 0.228 e. The molecule has 0 radical (unpaired) electrons. The number of amides is 1. The van der Waals surface area contributed by atoms with Crippen molar-refractivity contribution in [2.24, 2.45) is 0 Å². The third-order valence-corrected chi connectivity index (χ3v) is 3.85. The molecule has 2 aromatic carbocycles. The minimum Gasteiger partial charge on any atom is -0.355 e. The first kappa shape index (κ1) is 12.2. The van der Waals surface area contributed by atoms with E-state index in [1.54, 1.807) is 0 Å². The Balaban J connectivity index is 1.99. The molecule has 0 aliphatic carbocycles. The normalized spacial score (nSPS) is 22.3. The Morgan fingerprint density at radius 2 is 1.74 bits per heavy atom. The predicted molar refractivity (Wildman–Crippen MR) is 76.4 cm³/mol. The smallest absolute Gasteiger partial charge is 0.228 e. The highest BCUT2D eigenvalue weighted by atomic mass is 35.5. The Labute approximate surface area is 117 Å². The molecule has 96 valence electrons. The summed E-state index contributed by atoms with van der Waals surface area (Å²) < 4.78 is 0. The van der Waals surface area contributed by atoms with E-state index in [2.05, 4.69) is 5.32 Å². The topological polar surface area (TPSA) is 29.1 Å². The zero-order valence-electron chi connectivity index (χ0n) is 10.3. The number of carbonyl (C=O) groups excluding carboxylic acids is 1. The van der Waals surface area contributed by atoms with Crippen LogP contribution < -0.4 is 5.32 Å². The van der Waals surface area contributed by atoms with Gasteiger partial charge in [0.15, 0.2) is 0 Å². The number of hydrogen-bond acceptors (Lipinski definition) is 1. The highest BCUT2D eigenvalue weighted by molar-refractivity contribution is 6.30. The van der Waals surface area contributed by atoms with Crippen molar-refractivity contribution >= 4 is 17.5 Å². The summed E-state index contributed by atoms with van der Waals surface area (Å²) in [6.45, 7) is 0.665. The lowest BCUT2D eigenvalue weighted by molar-refractivity contribution is -0.120. The Morgan fingerprint density at radius 1 is 1.00 bits per heavy atom. The first-order chi connectivity index (χ1) is 9.25. The molecule has 0 spiro atoms. The van der Waals surface area contributed by atoms with E-state index in [4.69, 9.17) is 11.6 Å². The molecule has 1 amide bonds. The van der Waals surface area contributed by atoms with Crippen LogP contribution in [0.15, 0.2) is 54.6 Å². The van der Waals surface area contributed by atoms with Crippen molar-refractivity contribution < 1.29 is 4.79 Å². The fourth-order valence-corrected chi connectivity index (χ4v) is 2.91. The van der Waals surface area contributed by atoms with Crippen molar-refractivity contribution in [1.29, 1.82) is 0 Å². The fourth-order valence-electron chi connectivity index (χ4n) is 2.71. The third kappa shape index (κ3) is 2.36. The zero-order chi connectivity index (χ0) is 13.2. The van der Waals surface area contributed by atoms with Gasteiger partial charge in [0.25, 0.3) is 0 Å². The predicted octanol–water partition coefficient (Wildman–Crippen LogP) is 3.34. The van der Waals surface area contributed by atoms with E-state index < -0.39 is 0 Å². The maximum atomic E-state index is 12.1. The van der Waals surface area contributed by atoms with E-state index in [-0.39, 0.29) is 17.7 Å². The number of rotatable bonds is 2. The summed E-state index contributed by atoms with van der Waals surface area (Å²) in [4.78, 5) is 12.1. The van der Waals surface area contributed by atoms with Gasteiger partial charge in [-0.2, -0.15) is 0 Å². The second-order valence-corrected chi connectivity index (χ2v) is 5.23. The van der Waals surface area contributed by atoms with Crippen LogP contribution in [-0.4, -0.2) is 12.5 Å². The lowest BCUT2D eigenvalue weighted by Crippen LogP contribution is -2.18. The summed E-state index contributed by atoms with van der Waals surface area (Å²) in [5.74, 6) is 0.115. The molecule has 1 fully saturated rings. The van der Waals surface area contributed by atoms with E-state index in [1.165, 1.54) is 0 Å². The van der Waals surface area contributed by atoms with Crippen molar-refractivity contribution in [2.75, 3.05) is 6.54 Å². The summed E-state index contributed by atoms with van der Waals surface area (Å²) in [5, 5.41) is 3.67. The van der Waals surface area contributed by atoms with Gasteiger partial charge < -0.3 is 5.32 Å². The molecule has 0 aromatic heterocycles. The van der Waals surface area contributed by atoms with Crippen molar-refractivity contribution in [2.45, 2.75) is 11.8 Å². The maximum absolute atomic E-state index is 12.1. The molecule has 1 N–H and O–H groups in total. The number of carbonyl (C=O) groups is 1. The van der Waals surface area contributed by atoms with Gasteiger partial charge in [-0.05, 0) is 23.3 Å². The summed E-state index contributed by atoms with van der Waals surface area (Å²) >= 11 is 6.05. The van der Waals surface area contributed by atoms with Crippen LogP contribution in [0, 0.1) is 0 Å². The molecule has 2 unspecified atom stereocenters. The Morgan fingerprint density at radius 3 is 2.47 bits per heavy atom. The zero-order valence-corrected chi connectivity index (χ0v) is 11.1. The minimum atomic E-state index is -0.125. The number of benzene rings is 2. The molecule has 3 heteroatoms. The summed E-state index contributed by atoms with van der Waals surface area (Å²) in [6, 6.07) is 17.7. The van der Waals surface area contributed by atoms with Crippen LogP contribution in [0.5, 0.6) is 0 Å². The second-order valence-electron chi connectivity index (χ2n) is 4.80. The van der Waals surface area contributed by atoms with Gasteiger partial charge in [-0.3, -0.25) is 4.79 Å². The Bertz CT molecular complexity index is 597. The van der Waals surface area contributed by atoms with Gasteiger partial charge in [-0.1, -0.05) is 54.1 Å². The first-order valence-corrected chi connectivity index (χ1v) is 6.71. The lowest BCUT2D eigenvalue weighted by atomic mass is 9.84. The van der Waals surface area contributed by atoms with Gasteiger partial charge in [-0.25, -0.2) is 0 Å². The highest BCUT2D eigenvalue weighted by Gasteiger charge is 2.36. The lowest BCUT2D eigenvalue weighted by Gasteiger charge is -2.17. The van der Waals surface area contributed by atoms with Crippen molar-refractivity contribution in [3.05, 3.63) is 70.7 Å². The molecular formula is C16H14ClNO. The molecule has 19 heavy (non-hydrogen) atoms. The van der Waals surface area contributed by atoms with Crippen LogP contribution in [0.4, 0.5) is 0 Å². The molecule has 0 bridgehead atoms. The van der Waals surface area contributed by atoms with Gasteiger partial charge in [0.05, 0.1) is 5.92 Å². The number of hydrogen-bond donors (Lipinski definition) is 1. The molecule has 1 aliphatic heterocycles. The molecule has 1 heterocycles. The van der Waals surface area contributed by atoms with Crippen LogP contribution in [-0.2, 0) is 4.79 Å². The summed E-state index contributed by atoms with van der Waals surface area (Å²) in [6.07, 6.45) is 0. The van der Waals surface area contributed by atoms with E-state index in [9.17, 15) is 4.79 Å². The van der Waals surface area contributed by atoms with Gasteiger partial charge >= 0.3 is 0 Å². The van der Waals surface area contributed by atoms with Crippen LogP contribution in [0.3, 0.4) is 0 Å². The number of halogens is 1. The first-order valence-electron chi connectivity index (χ1n) is 6.34. The van der Waals surface area contributed by atoms with Crippen molar-refractivity contribution in [1.82, 2.24) is 5.32 Å². The van der Waals surface area contributed by atoms with Crippen LogP contribution in [0.1, 0.15) is 23.0 Å². The second kappa shape index (κ2) is 5.06. The highest BCUT2D eigenvalue weighted by Crippen LogP contribution is 2.37. The van der Waals surface area contributed by atoms with Gasteiger partial charge in [0.2, 0.25) is 5.91 Å². The third-order valence-electron chi connectivity index (χ3n) is 3.62. The van der Waals surface area contributed by atoms with E-state index in [0.717, 1.165) is 11.1 Å². The molecule has 1 saturated heterocycles. The average molecular weight is 272 g/mol. The standard InChI is InChI=1S/C16H14ClNO/c17-13-8-4-7-12(9-13)14-10-18-16(19)15(14)11-5-2-1-3-6-11/h1-9,14-15H,10H2,(H,18,19). The molecule has 2 atom stereocenters. The number of nitrogens with one attached hydrogen (secondary N) is 1. The molecule has 1 aliphatic rings. The largest absolute Gasteiger partial charge is 0.355 e. The summed E-state index contributed by atoms with van der Waals surface area (Å²) in [7, 11) is 0. The summed E-state index contributed by atoms with van der Waals surface area (Å²) in [5.41, 5.74) is 2.17. The average Bonchev–Trinajstić information content (AvgIpc) is 2.82. The quantitative estimate of drug-likeness (QED) is 0.892. The van der Waals surface area contributed by atoms with Gasteiger partial charge in [0, 0.05) is 17.5 Å². The fraction of sp³-hybridized carbons (Fsp3) is 0.188. The Kier molecular flexibility index (Phi) is 3.26. The van der Waals surface area contributed by atoms with E-state index in [0.29, 0.717) is 11.6 Å². The van der Waals surface area contributed by atoms with Crippen LogP contribution in [0.25, 0.3) is 0 Å². The van der Waals surface area contributed by atoms with E-state index in [1.807, 2.05) is 54.6 Å². The molecule has 2 nitrogen and oxygen atoms in total. The Hall–Kier alpha value is -1.80. The van der Waals surface area contributed by atoms with Crippen molar-refractivity contribution in [3.8, 4) is 0 Å².